The number of rotatable bonds is 4. The van der Waals surface area contributed by atoms with E-state index in [2.05, 4.69) is 11.8 Å². The van der Waals surface area contributed by atoms with Gasteiger partial charge in [-0.15, -0.1) is 0 Å². The summed E-state index contributed by atoms with van der Waals surface area (Å²) in [5, 5.41) is 0. The maximum absolute atomic E-state index is 13.9. The van der Waals surface area contributed by atoms with Crippen LogP contribution in [0.4, 0.5) is 4.39 Å². The van der Waals surface area contributed by atoms with Crippen molar-refractivity contribution in [1.82, 2.24) is 4.90 Å². The summed E-state index contributed by atoms with van der Waals surface area (Å²) in [6.45, 7) is 3.93. The van der Waals surface area contributed by atoms with Crippen LogP contribution < -0.4 is 0 Å². The number of likely N-dealkylation sites (N-methyl/N-ethyl adjacent to an activating group) is 1. The van der Waals surface area contributed by atoms with Crippen LogP contribution in [0.2, 0.25) is 0 Å². The lowest BCUT2D eigenvalue weighted by molar-refractivity contribution is 0.263. The van der Waals surface area contributed by atoms with Crippen LogP contribution in [0.15, 0.2) is 23.1 Å². The number of nitrogens with zero attached hydrogens (tertiary/aromatic N) is 1. The van der Waals surface area contributed by atoms with E-state index in [0.29, 0.717) is 6.42 Å². The molecule has 2 rings (SSSR count). The molecule has 0 N–H and O–H groups in total. The van der Waals surface area contributed by atoms with Gasteiger partial charge in [-0.2, -0.15) is 0 Å². The quantitative estimate of drug-likeness (QED) is 0.803. The Bertz CT molecular complexity index is 562. The number of hydrogen-bond acceptors (Lipinski definition) is 3. The lowest BCUT2D eigenvalue weighted by Crippen LogP contribution is -2.31. The Morgan fingerprint density at radius 1 is 1.47 bits per heavy atom. The topological polar surface area (TPSA) is 37.4 Å². The van der Waals surface area contributed by atoms with Gasteiger partial charge in [0.25, 0.3) is 9.05 Å². The largest absolute Gasteiger partial charge is 0.300 e. The molecule has 3 nitrogen and oxygen atoms in total. The van der Waals surface area contributed by atoms with Gasteiger partial charge in [0.05, 0.1) is 4.90 Å². The lowest BCUT2D eigenvalue weighted by Gasteiger charge is -2.23. The summed E-state index contributed by atoms with van der Waals surface area (Å²) in [6, 6.07) is 4.22. The van der Waals surface area contributed by atoms with Crippen molar-refractivity contribution in [3.8, 4) is 0 Å². The third kappa shape index (κ3) is 3.27. The number of benzene rings is 1. The van der Waals surface area contributed by atoms with Gasteiger partial charge >= 0.3 is 0 Å². The summed E-state index contributed by atoms with van der Waals surface area (Å²) in [4.78, 5) is 2.15. The Hall–Kier alpha value is -0.650. The summed E-state index contributed by atoms with van der Waals surface area (Å²) in [5.41, 5.74) is 0.211. The molecule has 106 valence electrons. The molecule has 0 unspecified atom stereocenters. The summed E-state index contributed by atoms with van der Waals surface area (Å²) in [5.74, 6) is -0.496. The number of hydrogen-bond donors (Lipinski definition) is 0. The van der Waals surface area contributed by atoms with E-state index in [1.165, 1.54) is 18.2 Å². The van der Waals surface area contributed by atoms with Crippen molar-refractivity contribution in [2.45, 2.75) is 37.1 Å². The third-order valence-electron chi connectivity index (χ3n) is 3.68. The average Bonchev–Trinajstić information content (AvgIpc) is 2.77. The fourth-order valence-corrected chi connectivity index (χ4v) is 3.89. The second-order valence-electron chi connectivity index (χ2n) is 4.78. The highest BCUT2D eigenvalue weighted by atomic mass is 35.7. The monoisotopic (exact) mass is 305 g/mol. The molecule has 0 saturated carbocycles. The van der Waals surface area contributed by atoms with E-state index in [0.717, 1.165) is 25.9 Å². The molecule has 1 heterocycles. The fourth-order valence-electron chi connectivity index (χ4n) is 2.74. The second kappa shape index (κ2) is 5.77. The molecule has 0 aromatic heterocycles. The molecular weight excluding hydrogens is 289 g/mol. The maximum atomic E-state index is 13.9. The molecule has 1 saturated heterocycles. The molecule has 1 fully saturated rings. The van der Waals surface area contributed by atoms with Crippen LogP contribution >= 0.6 is 10.7 Å². The Morgan fingerprint density at radius 2 is 2.21 bits per heavy atom. The summed E-state index contributed by atoms with van der Waals surface area (Å²) < 4.78 is 37.0. The standard InChI is InChI=1S/C13H17ClFNO2S/c1-2-16-8-4-5-10(16)9-11-12(15)6-3-7-13(11)19(14,17)18/h3,6-7,10H,2,4-5,8-9H2,1H3/t10-/m1/s1. The van der Waals surface area contributed by atoms with Gasteiger partial charge in [-0.1, -0.05) is 13.0 Å². The maximum Gasteiger partial charge on any atom is 0.261 e. The van der Waals surface area contributed by atoms with Crippen molar-refractivity contribution >= 4 is 19.7 Å². The zero-order valence-electron chi connectivity index (χ0n) is 10.8. The minimum absolute atomic E-state index is 0.0999. The van der Waals surface area contributed by atoms with Gasteiger partial charge in [-0.25, -0.2) is 12.8 Å². The zero-order valence-corrected chi connectivity index (χ0v) is 12.3. The first-order valence-corrected chi connectivity index (χ1v) is 8.70. The van der Waals surface area contributed by atoms with Gasteiger partial charge in [-0.3, -0.25) is 0 Å². The first-order valence-electron chi connectivity index (χ1n) is 6.39. The minimum atomic E-state index is -3.91. The van der Waals surface area contributed by atoms with Crippen molar-refractivity contribution in [2.75, 3.05) is 13.1 Å². The number of likely N-dealkylation sites (tertiary alicyclic amines) is 1. The van der Waals surface area contributed by atoms with Gasteiger partial charge in [-0.05, 0) is 44.5 Å². The SMILES string of the molecule is CCN1CCC[C@@H]1Cc1c(F)cccc1S(=O)(=O)Cl. The molecule has 0 bridgehead atoms. The van der Waals surface area contributed by atoms with Crippen molar-refractivity contribution in [1.29, 1.82) is 0 Å². The first kappa shape index (κ1) is 14.8. The molecule has 0 amide bonds. The molecule has 1 atom stereocenters. The highest BCUT2D eigenvalue weighted by Crippen LogP contribution is 2.27. The molecule has 6 heteroatoms. The van der Waals surface area contributed by atoms with Crippen LogP contribution in [0.3, 0.4) is 0 Å². The van der Waals surface area contributed by atoms with Crippen LogP contribution in [0, 0.1) is 5.82 Å². The number of halogens is 2. The van der Waals surface area contributed by atoms with Crippen molar-refractivity contribution in [3.05, 3.63) is 29.6 Å². The Morgan fingerprint density at radius 3 is 2.84 bits per heavy atom. The predicted octanol–water partition coefficient (Wildman–Crippen LogP) is 2.78. The first-order chi connectivity index (χ1) is 8.93. The van der Waals surface area contributed by atoms with Gasteiger partial charge in [0, 0.05) is 22.3 Å². The molecule has 1 aliphatic heterocycles. The third-order valence-corrected chi connectivity index (χ3v) is 5.09. The van der Waals surface area contributed by atoms with Gasteiger partial charge in [0.2, 0.25) is 0 Å². The second-order valence-corrected chi connectivity index (χ2v) is 7.32. The molecule has 0 radical (unpaired) electrons. The highest BCUT2D eigenvalue weighted by Gasteiger charge is 2.27. The Balaban J connectivity index is 2.34. The van der Waals surface area contributed by atoms with E-state index in [1.54, 1.807) is 0 Å². The molecule has 0 spiro atoms. The molecule has 1 aliphatic rings. The normalized spacial score (nSPS) is 20.9. The van der Waals surface area contributed by atoms with E-state index < -0.39 is 14.9 Å². The predicted molar refractivity (Wildman–Crippen MR) is 73.4 cm³/mol. The molecular formula is C13H17ClFNO2S. The summed E-state index contributed by atoms with van der Waals surface area (Å²) in [7, 11) is 1.48. The van der Waals surface area contributed by atoms with Gasteiger partial charge < -0.3 is 4.90 Å². The Labute approximate surface area is 117 Å². The van der Waals surface area contributed by atoms with E-state index in [1.807, 2.05) is 0 Å². The summed E-state index contributed by atoms with van der Waals surface area (Å²) >= 11 is 0. The van der Waals surface area contributed by atoms with E-state index >= 15 is 0 Å². The fraction of sp³-hybridized carbons (Fsp3) is 0.538. The molecule has 1 aromatic rings. The van der Waals surface area contributed by atoms with Gasteiger partial charge in [0.1, 0.15) is 5.82 Å². The van der Waals surface area contributed by atoms with Crippen LogP contribution in [0.5, 0.6) is 0 Å². The Kier molecular flexibility index (Phi) is 4.48. The van der Waals surface area contributed by atoms with Crippen molar-refractivity contribution in [2.24, 2.45) is 0 Å². The summed E-state index contributed by atoms with van der Waals surface area (Å²) in [6.07, 6.45) is 2.42. The van der Waals surface area contributed by atoms with E-state index in [9.17, 15) is 12.8 Å². The van der Waals surface area contributed by atoms with Crippen molar-refractivity contribution < 1.29 is 12.8 Å². The van der Waals surface area contributed by atoms with E-state index in [4.69, 9.17) is 10.7 Å². The average molecular weight is 306 g/mol. The molecule has 1 aromatic carbocycles. The molecule has 19 heavy (non-hydrogen) atoms. The zero-order chi connectivity index (χ0) is 14.0. The van der Waals surface area contributed by atoms with E-state index in [-0.39, 0.29) is 16.5 Å². The van der Waals surface area contributed by atoms with Crippen LogP contribution in [0.25, 0.3) is 0 Å². The van der Waals surface area contributed by atoms with Gasteiger partial charge in [0.15, 0.2) is 0 Å². The van der Waals surface area contributed by atoms with Crippen LogP contribution in [-0.2, 0) is 15.5 Å². The van der Waals surface area contributed by atoms with Crippen molar-refractivity contribution in [3.63, 3.8) is 0 Å². The smallest absolute Gasteiger partial charge is 0.261 e. The minimum Gasteiger partial charge on any atom is -0.300 e. The van der Waals surface area contributed by atoms with Crippen LogP contribution in [0.1, 0.15) is 25.3 Å². The van der Waals surface area contributed by atoms with Crippen LogP contribution in [-0.4, -0.2) is 32.4 Å². The lowest BCUT2D eigenvalue weighted by atomic mass is 10.0. The molecule has 0 aliphatic carbocycles. The highest BCUT2D eigenvalue weighted by molar-refractivity contribution is 8.13.